The van der Waals surface area contributed by atoms with Crippen LogP contribution < -0.4 is 0 Å². The number of aromatic nitrogens is 2. The van der Waals surface area contributed by atoms with Crippen molar-refractivity contribution in [2.75, 3.05) is 0 Å². The van der Waals surface area contributed by atoms with Gasteiger partial charge in [-0.25, -0.2) is 12.4 Å². The van der Waals surface area contributed by atoms with Gasteiger partial charge in [-0.2, -0.15) is 0 Å². The second-order valence-corrected chi connectivity index (χ2v) is 7.30. The van der Waals surface area contributed by atoms with Crippen LogP contribution in [-0.4, -0.2) is 17.4 Å². The number of hydrogen-bond acceptors (Lipinski definition) is 3. The van der Waals surface area contributed by atoms with Crippen LogP contribution in [0.5, 0.6) is 0 Å². The maximum Gasteiger partial charge on any atom is 0.269 e. The Kier molecular flexibility index (Phi) is 3.29. The molecule has 1 aromatic carbocycles. The number of rotatable bonds is 2. The van der Waals surface area contributed by atoms with Crippen molar-refractivity contribution >= 4 is 43.6 Å². The van der Waals surface area contributed by atoms with Crippen molar-refractivity contribution in [3.8, 4) is 0 Å². The Morgan fingerprint density at radius 1 is 1.15 bits per heavy atom. The molecule has 0 spiro atoms. The molecule has 20 heavy (non-hydrogen) atoms. The zero-order valence-electron chi connectivity index (χ0n) is 10.6. The first-order valence-corrected chi connectivity index (χ1v) is 8.47. The van der Waals surface area contributed by atoms with Crippen molar-refractivity contribution in [3.63, 3.8) is 0 Å². The smallest absolute Gasteiger partial charge is 0.255 e. The molecule has 0 saturated carbocycles. The Hall–Kier alpha value is -1.41. The van der Waals surface area contributed by atoms with Gasteiger partial charge >= 0.3 is 0 Å². The van der Waals surface area contributed by atoms with Gasteiger partial charge in [0.1, 0.15) is 0 Å². The van der Waals surface area contributed by atoms with E-state index < -0.39 is 10.0 Å². The van der Waals surface area contributed by atoms with E-state index in [1.807, 2.05) is 35.6 Å². The molecule has 0 saturated heterocycles. The Labute approximate surface area is 130 Å². The molecule has 0 amide bonds. The van der Waals surface area contributed by atoms with Gasteiger partial charge in [-0.3, -0.25) is 4.98 Å². The number of pyridine rings is 1. The third kappa shape index (κ3) is 2.03. The summed E-state index contributed by atoms with van der Waals surface area (Å²) < 4.78 is 27.6. The molecule has 0 atom stereocenters. The van der Waals surface area contributed by atoms with Gasteiger partial charge in [0.2, 0.25) is 0 Å². The van der Waals surface area contributed by atoms with Crippen LogP contribution in [0.1, 0.15) is 5.56 Å². The van der Waals surface area contributed by atoms with E-state index in [2.05, 4.69) is 4.98 Å². The minimum absolute atomic E-state index is 0.277. The van der Waals surface area contributed by atoms with Gasteiger partial charge < -0.3 is 0 Å². The summed E-state index contributed by atoms with van der Waals surface area (Å²) in [7, 11) is -3.61. The van der Waals surface area contributed by atoms with Crippen LogP contribution >= 0.6 is 22.6 Å². The molecule has 2 aromatic heterocycles. The fourth-order valence-corrected chi connectivity index (χ4v) is 4.94. The quantitative estimate of drug-likeness (QED) is 0.624. The lowest BCUT2D eigenvalue weighted by Gasteiger charge is -2.10. The highest BCUT2D eigenvalue weighted by molar-refractivity contribution is 14.1. The average Bonchev–Trinajstić information content (AvgIpc) is 2.78. The molecule has 0 fully saturated rings. The number of hydrogen-bond donors (Lipinski definition) is 0. The summed E-state index contributed by atoms with van der Waals surface area (Å²) in [6.45, 7) is 1.89. The van der Waals surface area contributed by atoms with Gasteiger partial charge in [0, 0.05) is 6.20 Å². The Morgan fingerprint density at radius 2 is 1.85 bits per heavy atom. The lowest BCUT2D eigenvalue weighted by Crippen LogP contribution is -2.14. The second-order valence-electron chi connectivity index (χ2n) is 4.41. The molecule has 0 bridgehead atoms. The van der Waals surface area contributed by atoms with Gasteiger partial charge in [0.25, 0.3) is 10.0 Å². The molecule has 0 aliphatic carbocycles. The maximum atomic E-state index is 12.8. The normalized spacial score (nSPS) is 11.9. The Bertz CT molecular complexity index is 886. The van der Waals surface area contributed by atoms with E-state index in [1.165, 1.54) is 3.97 Å². The fourth-order valence-electron chi connectivity index (χ4n) is 2.15. The molecule has 6 heteroatoms. The van der Waals surface area contributed by atoms with Crippen molar-refractivity contribution < 1.29 is 8.42 Å². The first-order valence-electron chi connectivity index (χ1n) is 5.95. The standard InChI is InChI=1S/C14H11IN2O2S/c1-10-7-8-16-12-9-13(15)17(14(10)12)20(18,19)11-5-3-2-4-6-11/h2-9H,1H3. The molecule has 0 unspecified atom stereocenters. The predicted octanol–water partition coefficient (Wildman–Crippen LogP) is 3.19. The van der Waals surface area contributed by atoms with Crippen LogP contribution in [0.4, 0.5) is 0 Å². The molecule has 4 nitrogen and oxygen atoms in total. The lowest BCUT2D eigenvalue weighted by molar-refractivity contribution is 0.588. The monoisotopic (exact) mass is 398 g/mol. The maximum absolute atomic E-state index is 12.8. The largest absolute Gasteiger partial charge is 0.269 e. The van der Waals surface area contributed by atoms with Crippen LogP contribution in [0.3, 0.4) is 0 Å². The number of nitrogens with zero attached hydrogens (tertiary/aromatic N) is 2. The van der Waals surface area contributed by atoms with Crippen LogP contribution in [0.2, 0.25) is 0 Å². The van der Waals surface area contributed by atoms with Crippen LogP contribution in [0.15, 0.2) is 53.6 Å². The van der Waals surface area contributed by atoms with Crippen molar-refractivity contribution in [3.05, 3.63) is 57.9 Å². The highest BCUT2D eigenvalue weighted by Crippen LogP contribution is 2.27. The van der Waals surface area contributed by atoms with E-state index in [-0.39, 0.29) is 4.90 Å². The molecular formula is C14H11IN2O2S. The van der Waals surface area contributed by atoms with Crippen molar-refractivity contribution in [2.24, 2.45) is 0 Å². The molecule has 0 aliphatic heterocycles. The van der Waals surface area contributed by atoms with Gasteiger partial charge in [0.05, 0.1) is 19.6 Å². The van der Waals surface area contributed by atoms with E-state index in [1.54, 1.807) is 42.6 Å². The zero-order chi connectivity index (χ0) is 14.3. The minimum Gasteiger partial charge on any atom is -0.255 e. The molecule has 2 heterocycles. The minimum atomic E-state index is -3.61. The first-order chi connectivity index (χ1) is 9.51. The molecule has 0 radical (unpaired) electrons. The van der Waals surface area contributed by atoms with E-state index in [4.69, 9.17) is 0 Å². The van der Waals surface area contributed by atoms with Gasteiger partial charge in [0.15, 0.2) is 0 Å². The average molecular weight is 398 g/mol. The molecule has 3 aromatic rings. The molecule has 0 N–H and O–H groups in total. The highest BCUT2D eigenvalue weighted by atomic mass is 127. The number of fused-ring (bicyclic) bond motifs is 1. The third-order valence-electron chi connectivity index (χ3n) is 3.09. The summed E-state index contributed by atoms with van der Waals surface area (Å²) in [5, 5.41) is 0. The van der Waals surface area contributed by atoms with E-state index in [0.29, 0.717) is 14.7 Å². The topological polar surface area (TPSA) is 52.0 Å². The SMILES string of the molecule is Cc1ccnc2cc(I)n(S(=O)(=O)c3ccccc3)c12. The van der Waals surface area contributed by atoms with Gasteiger partial charge in [-0.15, -0.1) is 0 Å². The van der Waals surface area contributed by atoms with Crippen LogP contribution in [0.25, 0.3) is 11.0 Å². The molecule has 3 rings (SSSR count). The molecular weight excluding hydrogens is 387 g/mol. The number of halogens is 1. The van der Waals surface area contributed by atoms with Crippen LogP contribution in [-0.2, 0) is 10.0 Å². The number of benzene rings is 1. The van der Waals surface area contributed by atoms with Crippen molar-refractivity contribution in [1.82, 2.24) is 8.96 Å². The fraction of sp³-hybridized carbons (Fsp3) is 0.0714. The highest BCUT2D eigenvalue weighted by Gasteiger charge is 2.23. The van der Waals surface area contributed by atoms with Gasteiger partial charge in [-0.1, -0.05) is 18.2 Å². The van der Waals surface area contributed by atoms with Gasteiger partial charge in [-0.05, 0) is 59.3 Å². The lowest BCUT2D eigenvalue weighted by atomic mass is 10.2. The summed E-state index contributed by atoms with van der Waals surface area (Å²) in [4.78, 5) is 4.52. The van der Waals surface area contributed by atoms with E-state index in [0.717, 1.165) is 5.56 Å². The van der Waals surface area contributed by atoms with E-state index >= 15 is 0 Å². The van der Waals surface area contributed by atoms with E-state index in [9.17, 15) is 8.42 Å². The van der Waals surface area contributed by atoms with Crippen molar-refractivity contribution in [1.29, 1.82) is 0 Å². The summed E-state index contributed by atoms with van der Waals surface area (Å²) in [6.07, 6.45) is 1.69. The number of aryl methyl sites for hydroxylation is 1. The molecule has 0 aliphatic rings. The third-order valence-corrected chi connectivity index (χ3v) is 5.94. The zero-order valence-corrected chi connectivity index (χ0v) is 13.6. The van der Waals surface area contributed by atoms with Crippen molar-refractivity contribution in [2.45, 2.75) is 11.8 Å². The van der Waals surface area contributed by atoms with Crippen LogP contribution in [0, 0.1) is 10.6 Å². The second kappa shape index (κ2) is 4.85. The molecule has 102 valence electrons. The Balaban J connectivity index is 2.38. The first kappa shape index (κ1) is 13.6. The Morgan fingerprint density at radius 3 is 2.55 bits per heavy atom. The summed E-state index contributed by atoms with van der Waals surface area (Å²) in [5.74, 6) is 0. The summed E-state index contributed by atoms with van der Waals surface area (Å²) in [6, 6.07) is 12.0. The summed E-state index contributed by atoms with van der Waals surface area (Å²) in [5.41, 5.74) is 2.21. The summed E-state index contributed by atoms with van der Waals surface area (Å²) >= 11 is 2.03. The predicted molar refractivity (Wildman–Crippen MR) is 86.2 cm³/mol.